The molecule has 0 spiro atoms. The van der Waals surface area contributed by atoms with E-state index in [9.17, 15) is 14.7 Å². The van der Waals surface area contributed by atoms with Crippen molar-refractivity contribution in [3.05, 3.63) is 0 Å². The van der Waals surface area contributed by atoms with Crippen LogP contribution in [0.4, 0.5) is 4.79 Å². The molecule has 0 aromatic heterocycles. The average Bonchev–Trinajstić information content (AvgIpc) is 3.17. The molecule has 3 fully saturated rings. The molecular formula is C16H26N2O3. The minimum atomic E-state index is -0.763. The van der Waals surface area contributed by atoms with Crippen molar-refractivity contribution in [2.45, 2.75) is 57.4 Å². The Hall–Kier alpha value is -1.26. The van der Waals surface area contributed by atoms with Gasteiger partial charge in [0.2, 0.25) is 0 Å². The summed E-state index contributed by atoms with van der Waals surface area (Å²) in [6.07, 6.45) is 8.85. The van der Waals surface area contributed by atoms with Crippen LogP contribution in [0.5, 0.6) is 0 Å². The number of hydrogen-bond donors (Lipinski definition) is 1. The Morgan fingerprint density at radius 3 is 2.33 bits per heavy atom. The van der Waals surface area contributed by atoms with E-state index in [0.29, 0.717) is 24.9 Å². The average molecular weight is 294 g/mol. The molecule has 2 atom stereocenters. The SMILES string of the molecule is O=C(O)C1CCCN(C(=O)N2CCCC2C2CCCC2)C1. The van der Waals surface area contributed by atoms with Crippen molar-refractivity contribution in [3.8, 4) is 0 Å². The number of piperidine rings is 1. The fraction of sp³-hybridized carbons (Fsp3) is 0.875. The molecule has 2 aliphatic heterocycles. The first-order valence-corrected chi connectivity index (χ1v) is 8.45. The van der Waals surface area contributed by atoms with Crippen molar-refractivity contribution >= 4 is 12.0 Å². The van der Waals surface area contributed by atoms with E-state index in [1.54, 1.807) is 4.90 Å². The van der Waals surface area contributed by atoms with Crippen LogP contribution in [-0.2, 0) is 4.79 Å². The van der Waals surface area contributed by atoms with Crippen molar-refractivity contribution in [3.63, 3.8) is 0 Å². The second kappa shape index (κ2) is 6.24. The number of carboxylic acids is 1. The van der Waals surface area contributed by atoms with Crippen LogP contribution >= 0.6 is 0 Å². The summed E-state index contributed by atoms with van der Waals surface area (Å²) < 4.78 is 0. The summed E-state index contributed by atoms with van der Waals surface area (Å²) in [5.41, 5.74) is 0. The van der Waals surface area contributed by atoms with E-state index in [2.05, 4.69) is 4.90 Å². The fourth-order valence-electron chi connectivity index (χ4n) is 4.40. The molecule has 5 nitrogen and oxygen atoms in total. The smallest absolute Gasteiger partial charge is 0.320 e. The van der Waals surface area contributed by atoms with Crippen LogP contribution in [0.2, 0.25) is 0 Å². The number of carbonyl (C=O) groups excluding carboxylic acids is 1. The minimum absolute atomic E-state index is 0.0929. The Kier molecular flexibility index (Phi) is 4.36. The second-order valence-corrected chi connectivity index (χ2v) is 6.85. The van der Waals surface area contributed by atoms with Crippen molar-refractivity contribution in [2.75, 3.05) is 19.6 Å². The molecule has 1 N–H and O–H groups in total. The first kappa shape index (κ1) is 14.7. The van der Waals surface area contributed by atoms with Gasteiger partial charge in [0.15, 0.2) is 0 Å². The highest BCUT2D eigenvalue weighted by atomic mass is 16.4. The maximum absolute atomic E-state index is 12.8. The number of rotatable bonds is 2. The van der Waals surface area contributed by atoms with Crippen LogP contribution in [-0.4, -0.2) is 52.6 Å². The Morgan fingerprint density at radius 1 is 0.905 bits per heavy atom. The number of likely N-dealkylation sites (tertiary alicyclic amines) is 2. The van der Waals surface area contributed by atoms with Crippen molar-refractivity contribution in [1.82, 2.24) is 9.80 Å². The molecule has 2 amide bonds. The van der Waals surface area contributed by atoms with Gasteiger partial charge in [-0.25, -0.2) is 4.79 Å². The van der Waals surface area contributed by atoms with E-state index in [0.717, 1.165) is 32.4 Å². The van der Waals surface area contributed by atoms with E-state index in [-0.39, 0.29) is 11.9 Å². The van der Waals surface area contributed by atoms with Gasteiger partial charge in [-0.05, 0) is 44.4 Å². The summed E-state index contributed by atoms with van der Waals surface area (Å²) in [5.74, 6) is -0.465. The van der Waals surface area contributed by atoms with E-state index in [1.165, 1.54) is 25.7 Å². The highest BCUT2D eigenvalue weighted by Gasteiger charge is 2.39. The molecule has 21 heavy (non-hydrogen) atoms. The van der Waals surface area contributed by atoms with Gasteiger partial charge < -0.3 is 14.9 Å². The molecule has 1 saturated carbocycles. The molecule has 3 rings (SSSR count). The Balaban J connectivity index is 1.64. The van der Waals surface area contributed by atoms with Crippen LogP contribution in [0, 0.1) is 11.8 Å². The standard InChI is InChI=1S/C16H26N2O3/c19-15(20)13-7-3-9-17(11-13)16(21)18-10-4-8-14(18)12-5-1-2-6-12/h12-14H,1-11H2,(H,19,20). The lowest BCUT2D eigenvalue weighted by Gasteiger charge is -2.37. The molecule has 2 unspecified atom stereocenters. The highest BCUT2D eigenvalue weighted by molar-refractivity contribution is 5.77. The van der Waals surface area contributed by atoms with E-state index in [1.807, 2.05) is 0 Å². The second-order valence-electron chi connectivity index (χ2n) is 6.85. The molecule has 0 bridgehead atoms. The first-order valence-electron chi connectivity index (χ1n) is 8.45. The Bertz CT molecular complexity index is 406. The van der Waals surface area contributed by atoms with E-state index < -0.39 is 5.97 Å². The predicted molar refractivity (Wildman–Crippen MR) is 79.0 cm³/mol. The molecule has 5 heteroatoms. The van der Waals surface area contributed by atoms with Gasteiger partial charge in [-0.1, -0.05) is 12.8 Å². The largest absolute Gasteiger partial charge is 0.481 e. The van der Waals surface area contributed by atoms with Gasteiger partial charge in [-0.3, -0.25) is 4.79 Å². The molecule has 0 aromatic carbocycles. The summed E-state index contributed by atoms with van der Waals surface area (Å²) in [4.78, 5) is 27.8. The summed E-state index contributed by atoms with van der Waals surface area (Å²) in [5, 5.41) is 9.18. The lowest BCUT2D eigenvalue weighted by atomic mass is 9.96. The number of urea groups is 1. The van der Waals surface area contributed by atoms with Gasteiger partial charge in [0, 0.05) is 25.7 Å². The van der Waals surface area contributed by atoms with Gasteiger partial charge in [-0.2, -0.15) is 0 Å². The van der Waals surface area contributed by atoms with E-state index in [4.69, 9.17) is 0 Å². The minimum Gasteiger partial charge on any atom is -0.481 e. The number of aliphatic carboxylic acids is 1. The maximum Gasteiger partial charge on any atom is 0.320 e. The number of carbonyl (C=O) groups is 2. The zero-order valence-corrected chi connectivity index (χ0v) is 12.7. The van der Waals surface area contributed by atoms with Gasteiger partial charge in [0.05, 0.1) is 5.92 Å². The lowest BCUT2D eigenvalue weighted by Crippen LogP contribution is -2.51. The lowest BCUT2D eigenvalue weighted by molar-refractivity contribution is -0.143. The Labute approximate surface area is 126 Å². The number of carboxylic acid groups (broad SMARTS) is 1. The van der Waals surface area contributed by atoms with Crippen molar-refractivity contribution < 1.29 is 14.7 Å². The van der Waals surface area contributed by atoms with Crippen LogP contribution in [0.15, 0.2) is 0 Å². The summed E-state index contributed by atoms with van der Waals surface area (Å²) in [6, 6.07) is 0.501. The summed E-state index contributed by atoms with van der Waals surface area (Å²) in [6.45, 7) is 1.97. The van der Waals surface area contributed by atoms with Gasteiger partial charge in [0.25, 0.3) is 0 Å². The van der Waals surface area contributed by atoms with Crippen LogP contribution in [0.25, 0.3) is 0 Å². The third-order valence-electron chi connectivity index (χ3n) is 5.53. The molecule has 3 aliphatic rings. The van der Waals surface area contributed by atoms with Crippen molar-refractivity contribution in [1.29, 1.82) is 0 Å². The quantitative estimate of drug-likeness (QED) is 0.851. The molecule has 1 aliphatic carbocycles. The predicted octanol–water partition coefficient (Wildman–Crippen LogP) is 2.56. The topological polar surface area (TPSA) is 60.9 Å². The first-order chi connectivity index (χ1) is 10.2. The fourth-order valence-corrected chi connectivity index (χ4v) is 4.40. The summed E-state index contributed by atoms with van der Waals surface area (Å²) >= 11 is 0. The van der Waals surface area contributed by atoms with Gasteiger partial charge >= 0.3 is 12.0 Å². The monoisotopic (exact) mass is 294 g/mol. The maximum atomic E-state index is 12.8. The third kappa shape index (κ3) is 3.01. The molecule has 2 heterocycles. The van der Waals surface area contributed by atoms with Crippen LogP contribution in [0.3, 0.4) is 0 Å². The van der Waals surface area contributed by atoms with Crippen molar-refractivity contribution in [2.24, 2.45) is 11.8 Å². The van der Waals surface area contributed by atoms with Gasteiger partial charge in [-0.15, -0.1) is 0 Å². The highest BCUT2D eigenvalue weighted by Crippen LogP contribution is 2.36. The molecule has 2 saturated heterocycles. The Morgan fingerprint density at radius 2 is 1.62 bits per heavy atom. The number of hydrogen-bond acceptors (Lipinski definition) is 2. The molecule has 0 aromatic rings. The number of nitrogens with zero attached hydrogens (tertiary/aromatic N) is 2. The van der Waals surface area contributed by atoms with E-state index >= 15 is 0 Å². The normalized spacial score (nSPS) is 30.9. The zero-order valence-electron chi connectivity index (χ0n) is 12.7. The molecule has 0 radical (unpaired) electrons. The van der Waals surface area contributed by atoms with Crippen LogP contribution in [0.1, 0.15) is 51.4 Å². The zero-order chi connectivity index (χ0) is 14.8. The summed E-state index contributed by atoms with van der Waals surface area (Å²) in [7, 11) is 0. The number of amides is 2. The van der Waals surface area contributed by atoms with Gasteiger partial charge in [0.1, 0.15) is 0 Å². The van der Waals surface area contributed by atoms with Crippen LogP contribution < -0.4 is 0 Å². The molecule has 118 valence electrons. The third-order valence-corrected chi connectivity index (χ3v) is 5.53. The molecular weight excluding hydrogens is 268 g/mol.